The topological polar surface area (TPSA) is 471 Å². The largest absolute Gasteiger partial charge is 0.496 e. The van der Waals surface area contributed by atoms with Crippen molar-refractivity contribution in [2.75, 3.05) is 21.0 Å². The van der Waals surface area contributed by atoms with E-state index in [1.807, 2.05) is 183 Å². The summed E-state index contributed by atoms with van der Waals surface area (Å²) in [6.07, 6.45) is 1.57. The predicted octanol–water partition coefficient (Wildman–Crippen LogP) is 18.1. The molecule has 0 bridgehead atoms. The van der Waals surface area contributed by atoms with Gasteiger partial charge < -0.3 is 44.5 Å². The van der Waals surface area contributed by atoms with E-state index in [-0.39, 0.29) is 125 Å². The SMILES string of the molecule is COc1ccc(CN(Cc2ccccc2)S(=O)(=O)c2ccc(C(=O)O)cc2)cc1C.COc1ccc(CN(Cc2ccccc2)S(=O)(=O)c2ccc(C(=O)O)cc2)cn1.N#Cc1ccc(CN(Cc2ccccc2)S(=O)(=O)c2ccc(C(=O)O)cc2)cc1.N#Cc1ccccc1CN(Cc1ccccc1)S(=O)(=O)c1ccc(C(=O)O)cc1.O=C(O)c1ccc(S(=O)(=O)N(Cc2ccccc2)Cc2ccc3c(c2)OCO3)cc1. The van der Waals surface area contributed by atoms with E-state index in [9.17, 15) is 71.3 Å². The third-order valence-corrected chi connectivity index (χ3v) is 31.6. The summed E-state index contributed by atoms with van der Waals surface area (Å²) in [4.78, 5) is 59.6. The van der Waals surface area contributed by atoms with Gasteiger partial charge in [0.05, 0.1) is 89.8 Å². The zero-order valence-electron chi connectivity index (χ0n) is 79.2. The molecule has 0 aliphatic carbocycles. The molecule has 0 fully saturated rings. The molecule has 147 heavy (non-hydrogen) atoms. The molecule has 0 saturated heterocycles. The summed E-state index contributed by atoms with van der Waals surface area (Å²) in [5.74, 6) is -3.19. The van der Waals surface area contributed by atoms with Crippen LogP contribution in [0.4, 0.5) is 0 Å². The lowest BCUT2D eigenvalue weighted by Crippen LogP contribution is -2.30. The Morgan fingerprint density at radius 3 is 0.864 bits per heavy atom. The molecule has 1 aliphatic heterocycles. The number of aryl methyl sites for hydroxylation is 1. The number of fused-ring (bicyclic) bond motifs is 1. The highest BCUT2D eigenvalue weighted by Gasteiger charge is 2.33. The Morgan fingerprint density at radius 1 is 0.299 bits per heavy atom. The maximum atomic E-state index is 13.4. The quantitative estimate of drug-likeness (QED) is 0.0241. The van der Waals surface area contributed by atoms with Crippen LogP contribution < -0.4 is 18.9 Å². The zero-order valence-corrected chi connectivity index (χ0v) is 83.3. The minimum absolute atomic E-state index is 0.00660. The number of hydrogen-bond acceptors (Lipinski definition) is 22. The number of carbonyl (C=O) groups is 5. The number of nitrogens with zero attached hydrogens (tertiary/aromatic N) is 8. The Bertz CT molecular complexity index is 7790. The zero-order chi connectivity index (χ0) is 105. The molecule has 15 aromatic rings. The second kappa shape index (κ2) is 51.0. The first-order valence-corrected chi connectivity index (χ1v) is 52.0. The fourth-order valence-electron chi connectivity index (χ4n) is 14.8. The van der Waals surface area contributed by atoms with Crippen LogP contribution in [-0.4, -0.2) is 145 Å². The molecule has 5 N–H and O–H groups in total. The molecule has 0 atom stereocenters. The third kappa shape index (κ3) is 30.0. The predicted molar refractivity (Wildman–Crippen MR) is 545 cm³/mol. The minimum atomic E-state index is -3.93. The molecule has 37 heteroatoms. The molecule has 0 saturated carbocycles. The molecule has 0 spiro atoms. The van der Waals surface area contributed by atoms with E-state index >= 15 is 0 Å². The lowest BCUT2D eigenvalue weighted by Gasteiger charge is -2.23. The van der Waals surface area contributed by atoms with Crippen molar-refractivity contribution in [2.24, 2.45) is 0 Å². The summed E-state index contributed by atoms with van der Waals surface area (Å²) < 4.78 is 161. The highest BCUT2D eigenvalue weighted by atomic mass is 32.2. The number of carboxylic acid groups (broad SMARTS) is 5. The Hall–Kier alpha value is -16.7. The summed E-state index contributed by atoms with van der Waals surface area (Å²) in [6, 6.07) is 104. The molecule has 2 heterocycles. The van der Waals surface area contributed by atoms with Crippen LogP contribution in [0.15, 0.2) is 401 Å². The van der Waals surface area contributed by atoms with Gasteiger partial charge in [0, 0.05) is 77.7 Å². The van der Waals surface area contributed by atoms with Crippen LogP contribution in [0.2, 0.25) is 0 Å². The Labute approximate surface area is 851 Å². The highest BCUT2D eigenvalue weighted by Crippen LogP contribution is 2.36. The maximum Gasteiger partial charge on any atom is 0.335 e. The van der Waals surface area contributed by atoms with E-state index in [1.54, 1.807) is 92.2 Å². The second-order valence-electron chi connectivity index (χ2n) is 32.7. The van der Waals surface area contributed by atoms with Gasteiger partial charge in [-0.05, 0) is 226 Å². The number of aromatic carboxylic acids is 5. The van der Waals surface area contributed by atoms with Crippen LogP contribution in [0.3, 0.4) is 0 Å². The van der Waals surface area contributed by atoms with Gasteiger partial charge in [0.2, 0.25) is 62.8 Å². The number of rotatable bonds is 37. The van der Waals surface area contributed by atoms with Gasteiger partial charge in [-0.15, -0.1) is 0 Å². The van der Waals surface area contributed by atoms with Gasteiger partial charge in [0.15, 0.2) is 11.5 Å². The summed E-state index contributed by atoms with van der Waals surface area (Å²) in [5.41, 5.74) is 9.70. The van der Waals surface area contributed by atoms with E-state index in [0.29, 0.717) is 39.6 Å². The summed E-state index contributed by atoms with van der Waals surface area (Å²) in [5, 5.41) is 63.6. The lowest BCUT2D eigenvalue weighted by molar-refractivity contribution is 0.0686. The van der Waals surface area contributed by atoms with E-state index in [4.69, 9.17) is 49.7 Å². The van der Waals surface area contributed by atoms with Crippen molar-refractivity contribution in [1.82, 2.24) is 26.5 Å². The van der Waals surface area contributed by atoms with Crippen molar-refractivity contribution in [1.29, 1.82) is 10.5 Å². The molecule has 32 nitrogen and oxygen atoms in total. The first-order valence-electron chi connectivity index (χ1n) is 44.8. The van der Waals surface area contributed by atoms with E-state index in [1.165, 1.54) is 150 Å². The molecule has 0 unspecified atom stereocenters. The highest BCUT2D eigenvalue weighted by molar-refractivity contribution is 7.90. The van der Waals surface area contributed by atoms with E-state index < -0.39 is 80.0 Å². The molecule has 0 radical (unpaired) electrons. The van der Waals surface area contributed by atoms with Gasteiger partial charge in [0.25, 0.3) is 0 Å². The molecule has 0 amide bonds. The van der Waals surface area contributed by atoms with Crippen molar-refractivity contribution in [2.45, 2.75) is 96.8 Å². The molecule has 1 aromatic heterocycles. The molecule has 16 rings (SSSR count). The third-order valence-electron chi connectivity index (χ3n) is 22.6. The van der Waals surface area contributed by atoms with Crippen molar-refractivity contribution in [3.8, 4) is 35.3 Å². The van der Waals surface area contributed by atoms with Crippen molar-refractivity contribution >= 4 is 80.0 Å². The number of methoxy groups -OCH3 is 2. The summed E-state index contributed by atoms with van der Waals surface area (Å²) in [7, 11) is -16.3. The minimum Gasteiger partial charge on any atom is -0.496 e. The fraction of sp³-hybridized carbons (Fsp3) is 0.127. The Kier molecular flexibility index (Phi) is 37.9. The normalized spacial score (nSPS) is 11.6. The first kappa shape index (κ1) is 109. The number of benzene rings is 14. The van der Waals surface area contributed by atoms with Crippen molar-refractivity contribution in [3.05, 3.63) is 476 Å². The second-order valence-corrected chi connectivity index (χ2v) is 42.4. The van der Waals surface area contributed by atoms with Crippen LogP contribution >= 0.6 is 0 Å². The number of sulfonamides is 5. The number of aromatic nitrogens is 1. The van der Waals surface area contributed by atoms with Crippen molar-refractivity contribution in [3.63, 3.8) is 0 Å². The number of nitriles is 2. The Balaban J connectivity index is 0.000000163. The van der Waals surface area contributed by atoms with Gasteiger partial charge in [-0.2, -0.15) is 32.0 Å². The molecular formula is C110H98N8O24S5. The van der Waals surface area contributed by atoms with E-state index in [0.717, 1.165) is 55.8 Å². The Morgan fingerprint density at radius 2 is 0.571 bits per heavy atom. The summed E-state index contributed by atoms with van der Waals surface area (Å²) >= 11 is 0. The molecule has 1 aliphatic rings. The molecule has 14 aromatic carbocycles. The van der Waals surface area contributed by atoms with Gasteiger partial charge in [-0.3, -0.25) is 0 Å². The van der Waals surface area contributed by atoms with Crippen molar-refractivity contribution < 1.29 is 111 Å². The van der Waals surface area contributed by atoms with Crippen LogP contribution in [0, 0.1) is 29.6 Å². The number of hydrogen-bond donors (Lipinski definition) is 5. The molecular weight excluding hydrogens is 1980 g/mol. The summed E-state index contributed by atoms with van der Waals surface area (Å²) in [6.45, 7) is 3.36. The van der Waals surface area contributed by atoms with Crippen LogP contribution in [0.1, 0.15) is 124 Å². The van der Waals surface area contributed by atoms with Crippen LogP contribution in [-0.2, 0) is 116 Å². The van der Waals surface area contributed by atoms with Gasteiger partial charge in [-0.25, -0.2) is 71.0 Å². The standard InChI is InChI=1S/C23H23NO5S.2C22H18N2O4S.C22H19NO6S.C21H20N2O5S/c1-17-14-19(8-13-22(17)29-2)16-24(15-18-6-4-3-5-7-18)30(27,28)21-11-9-20(10-12-21)23(25)26;23-14-19-8-4-5-9-20(19)16-24(15-17-6-2-1-3-7-17)29(27,28)21-12-10-18(11-13-21)22(25)26;23-14-17-6-8-19(9-7-17)16-24(15-18-4-2-1-3-5-18)29(27,28)21-12-10-20(11-13-21)22(25)26;24-22(25)18-7-9-19(10-8-18)30(26,27)23(13-16-4-2-1-3-5-16)14-17-6-11-20-21(12-17)29-15-28-20;1-28-20-12-7-17(13-22-20)15-23(14-16-5-3-2-4-6-16)29(26,27)19-10-8-18(9-11-19)21(24)25/h3-14H,15-16H2,1-2H3,(H,25,26);2*1-13H,15-16H2,(H,25,26);1-12H,13-15H2,(H,24,25);2-13H,14-15H2,1H3,(H,24,25). The number of pyridine rings is 1. The smallest absolute Gasteiger partial charge is 0.335 e. The van der Waals surface area contributed by atoms with Gasteiger partial charge in [0.1, 0.15) is 5.75 Å². The monoisotopic (exact) mass is 2070 g/mol. The average molecular weight is 2080 g/mol. The fourth-order valence-corrected chi connectivity index (χ4v) is 21.9. The van der Waals surface area contributed by atoms with Crippen LogP contribution in [0.25, 0.3) is 0 Å². The van der Waals surface area contributed by atoms with E-state index in [2.05, 4.69) is 11.1 Å². The average Bonchev–Trinajstić information content (AvgIpc) is 1.00. The van der Waals surface area contributed by atoms with Crippen LogP contribution in [0.5, 0.6) is 23.1 Å². The number of ether oxygens (including phenoxy) is 4. The molecule has 752 valence electrons. The number of carboxylic acids is 5. The maximum absolute atomic E-state index is 13.4. The lowest BCUT2D eigenvalue weighted by atomic mass is 10.1. The first-order chi connectivity index (χ1) is 70.4. The van der Waals surface area contributed by atoms with Gasteiger partial charge >= 0.3 is 29.8 Å². The van der Waals surface area contributed by atoms with Gasteiger partial charge in [-0.1, -0.05) is 206 Å².